The first-order chi connectivity index (χ1) is 10.1. The SMILES string of the molecule is CC(C)(C)c1cccc(NC2CCN(CC(F)(F)F)CC2)c1. The summed E-state index contributed by atoms with van der Waals surface area (Å²) in [5, 5.41) is 3.47. The van der Waals surface area contributed by atoms with E-state index in [0.29, 0.717) is 13.1 Å². The minimum absolute atomic E-state index is 0.0910. The number of halogens is 3. The van der Waals surface area contributed by atoms with Gasteiger partial charge in [0.05, 0.1) is 6.54 Å². The van der Waals surface area contributed by atoms with Gasteiger partial charge in [-0.1, -0.05) is 32.9 Å². The molecule has 0 saturated carbocycles. The molecule has 2 nitrogen and oxygen atoms in total. The maximum atomic E-state index is 12.4. The Morgan fingerprint density at radius 2 is 1.77 bits per heavy atom. The fraction of sp³-hybridized carbons (Fsp3) is 0.647. The highest BCUT2D eigenvalue weighted by atomic mass is 19.4. The van der Waals surface area contributed by atoms with E-state index in [1.807, 2.05) is 12.1 Å². The maximum absolute atomic E-state index is 12.4. The lowest BCUT2D eigenvalue weighted by Crippen LogP contribution is -2.43. The van der Waals surface area contributed by atoms with Crippen molar-refractivity contribution in [2.24, 2.45) is 0 Å². The summed E-state index contributed by atoms with van der Waals surface area (Å²) in [5.74, 6) is 0. The van der Waals surface area contributed by atoms with Gasteiger partial charge >= 0.3 is 6.18 Å². The molecular formula is C17H25F3N2. The summed E-state index contributed by atoms with van der Waals surface area (Å²) in [4.78, 5) is 1.49. The number of likely N-dealkylation sites (tertiary alicyclic amines) is 1. The van der Waals surface area contributed by atoms with Crippen LogP contribution >= 0.6 is 0 Å². The van der Waals surface area contributed by atoms with Crippen LogP contribution in [0.4, 0.5) is 18.9 Å². The third-order valence-electron chi connectivity index (χ3n) is 4.09. The van der Waals surface area contributed by atoms with Crippen molar-refractivity contribution in [1.82, 2.24) is 4.90 Å². The summed E-state index contributed by atoms with van der Waals surface area (Å²) in [6.07, 6.45) is -2.60. The Morgan fingerprint density at radius 1 is 1.14 bits per heavy atom. The Labute approximate surface area is 130 Å². The number of nitrogens with zero attached hydrogens (tertiary/aromatic N) is 1. The van der Waals surface area contributed by atoms with Gasteiger partial charge in [0, 0.05) is 24.8 Å². The van der Waals surface area contributed by atoms with Gasteiger partial charge in [-0.3, -0.25) is 4.90 Å². The molecule has 0 aromatic heterocycles. The normalized spacial score (nSPS) is 18.5. The molecule has 2 rings (SSSR count). The predicted octanol–water partition coefficient (Wildman–Crippen LogP) is 4.42. The smallest absolute Gasteiger partial charge is 0.382 e. The van der Waals surface area contributed by atoms with E-state index in [-0.39, 0.29) is 11.5 Å². The molecule has 1 aromatic rings. The topological polar surface area (TPSA) is 15.3 Å². The van der Waals surface area contributed by atoms with Crippen LogP contribution in [0.1, 0.15) is 39.2 Å². The van der Waals surface area contributed by atoms with Crippen LogP contribution in [0.15, 0.2) is 24.3 Å². The van der Waals surface area contributed by atoms with Crippen molar-refractivity contribution in [3.05, 3.63) is 29.8 Å². The molecule has 0 aliphatic carbocycles. The van der Waals surface area contributed by atoms with Crippen LogP contribution in [0.2, 0.25) is 0 Å². The highest BCUT2D eigenvalue weighted by Crippen LogP contribution is 2.26. The second-order valence-electron chi connectivity index (χ2n) is 7.14. The average molecular weight is 314 g/mol. The largest absolute Gasteiger partial charge is 0.401 e. The Kier molecular flexibility index (Phi) is 5.05. The summed E-state index contributed by atoms with van der Waals surface area (Å²) in [5.41, 5.74) is 2.40. The van der Waals surface area contributed by atoms with E-state index in [0.717, 1.165) is 18.5 Å². The standard InChI is InChI=1S/C17H25F3N2/c1-16(2,3)13-5-4-6-15(11-13)21-14-7-9-22(10-8-14)12-17(18,19)20/h4-6,11,14,21H,7-10,12H2,1-3H3. The van der Waals surface area contributed by atoms with E-state index in [9.17, 15) is 13.2 Å². The van der Waals surface area contributed by atoms with Gasteiger partial charge in [0.15, 0.2) is 0 Å². The molecule has 0 atom stereocenters. The summed E-state index contributed by atoms with van der Waals surface area (Å²) >= 11 is 0. The molecule has 1 aromatic carbocycles. The number of rotatable bonds is 3. The van der Waals surface area contributed by atoms with Crippen molar-refractivity contribution < 1.29 is 13.2 Å². The fourth-order valence-corrected chi connectivity index (χ4v) is 2.80. The molecule has 0 bridgehead atoms. The molecule has 0 amide bonds. The van der Waals surface area contributed by atoms with Crippen LogP contribution in [0.3, 0.4) is 0 Å². The molecule has 0 unspecified atom stereocenters. The van der Waals surface area contributed by atoms with Crippen LogP contribution in [0, 0.1) is 0 Å². The van der Waals surface area contributed by atoms with E-state index in [2.05, 4.69) is 38.2 Å². The van der Waals surface area contributed by atoms with E-state index in [1.54, 1.807) is 0 Å². The zero-order valence-electron chi connectivity index (χ0n) is 13.5. The monoisotopic (exact) mass is 314 g/mol. The minimum Gasteiger partial charge on any atom is -0.382 e. The van der Waals surface area contributed by atoms with Gasteiger partial charge in [-0.15, -0.1) is 0 Å². The highest BCUT2D eigenvalue weighted by molar-refractivity contribution is 5.48. The average Bonchev–Trinajstić information content (AvgIpc) is 2.39. The van der Waals surface area contributed by atoms with Crippen molar-refractivity contribution in [1.29, 1.82) is 0 Å². The third-order valence-corrected chi connectivity index (χ3v) is 4.09. The Morgan fingerprint density at radius 3 is 2.32 bits per heavy atom. The lowest BCUT2D eigenvalue weighted by molar-refractivity contribution is -0.147. The highest BCUT2D eigenvalue weighted by Gasteiger charge is 2.32. The Balaban J connectivity index is 1.89. The van der Waals surface area contributed by atoms with Crippen LogP contribution in [-0.2, 0) is 5.41 Å². The number of hydrogen-bond acceptors (Lipinski definition) is 2. The van der Waals surface area contributed by atoms with Crippen LogP contribution < -0.4 is 5.32 Å². The predicted molar refractivity (Wildman–Crippen MR) is 84.3 cm³/mol. The third kappa shape index (κ3) is 5.20. The molecule has 1 fully saturated rings. The Bertz CT molecular complexity index is 483. The molecule has 1 saturated heterocycles. The molecule has 1 aliphatic rings. The molecule has 1 heterocycles. The van der Waals surface area contributed by atoms with E-state index in [1.165, 1.54) is 10.5 Å². The minimum atomic E-state index is -4.10. The van der Waals surface area contributed by atoms with Crippen molar-refractivity contribution in [3.8, 4) is 0 Å². The van der Waals surface area contributed by atoms with Crippen molar-refractivity contribution >= 4 is 5.69 Å². The van der Waals surface area contributed by atoms with Crippen LogP contribution in [0.25, 0.3) is 0 Å². The lowest BCUT2D eigenvalue weighted by Gasteiger charge is -2.33. The second kappa shape index (κ2) is 6.49. The van der Waals surface area contributed by atoms with Crippen molar-refractivity contribution in [3.63, 3.8) is 0 Å². The number of hydrogen-bond donors (Lipinski definition) is 1. The molecule has 124 valence electrons. The van der Waals surface area contributed by atoms with Gasteiger partial charge in [0.25, 0.3) is 0 Å². The molecule has 1 aliphatic heterocycles. The van der Waals surface area contributed by atoms with E-state index < -0.39 is 12.7 Å². The number of nitrogens with one attached hydrogen (secondary N) is 1. The van der Waals surface area contributed by atoms with Gasteiger partial charge in [-0.25, -0.2) is 0 Å². The molecular weight excluding hydrogens is 289 g/mol. The number of benzene rings is 1. The number of anilines is 1. The molecule has 0 radical (unpaired) electrons. The summed E-state index contributed by atoms with van der Waals surface area (Å²) in [7, 11) is 0. The van der Waals surface area contributed by atoms with Gasteiger partial charge in [0.2, 0.25) is 0 Å². The molecule has 22 heavy (non-hydrogen) atoms. The first-order valence-electron chi connectivity index (χ1n) is 7.80. The van der Waals surface area contributed by atoms with E-state index in [4.69, 9.17) is 0 Å². The van der Waals surface area contributed by atoms with Crippen LogP contribution in [0.5, 0.6) is 0 Å². The quantitative estimate of drug-likeness (QED) is 0.888. The van der Waals surface area contributed by atoms with E-state index >= 15 is 0 Å². The van der Waals surface area contributed by atoms with Gasteiger partial charge in [-0.2, -0.15) is 13.2 Å². The van der Waals surface area contributed by atoms with Crippen molar-refractivity contribution in [2.75, 3.05) is 25.0 Å². The zero-order chi connectivity index (χ0) is 16.4. The first-order valence-corrected chi connectivity index (χ1v) is 7.80. The van der Waals surface area contributed by atoms with Gasteiger partial charge in [0.1, 0.15) is 0 Å². The van der Waals surface area contributed by atoms with Crippen molar-refractivity contribution in [2.45, 2.75) is 51.2 Å². The molecule has 1 N–H and O–H groups in total. The summed E-state index contributed by atoms with van der Waals surface area (Å²) in [6.45, 7) is 6.71. The van der Waals surface area contributed by atoms with Gasteiger partial charge < -0.3 is 5.32 Å². The zero-order valence-corrected chi connectivity index (χ0v) is 13.5. The lowest BCUT2D eigenvalue weighted by atomic mass is 9.87. The maximum Gasteiger partial charge on any atom is 0.401 e. The molecule has 5 heteroatoms. The molecule has 0 spiro atoms. The summed E-state index contributed by atoms with van der Waals surface area (Å²) in [6, 6.07) is 8.55. The number of piperidine rings is 1. The fourth-order valence-electron chi connectivity index (χ4n) is 2.80. The summed E-state index contributed by atoms with van der Waals surface area (Å²) < 4.78 is 37.1. The second-order valence-corrected chi connectivity index (χ2v) is 7.14. The van der Waals surface area contributed by atoms with Gasteiger partial charge in [-0.05, 0) is 36.0 Å². The first kappa shape index (κ1) is 17.1. The van der Waals surface area contributed by atoms with Crippen LogP contribution in [-0.4, -0.2) is 36.8 Å². The Hall–Kier alpha value is -1.23. The number of alkyl halides is 3.